The molecule has 0 amide bonds. The number of halogens is 1. The summed E-state index contributed by atoms with van der Waals surface area (Å²) in [4.78, 5) is 18.2. The Balaban J connectivity index is 1.63. The minimum absolute atomic E-state index is 0.0245. The van der Waals surface area contributed by atoms with Gasteiger partial charge in [-0.1, -0.05) is 12.8 Å². The number of aliphatic hydroxyl groups is 3. The minimum atomic E-state index is -1.25. The smallest absolute Gasteiger partial charge is 0.226 e. The first kappa shape index (κ1) is 17.8. The van der Waals surface area contributed by atoms with E-state index >= 15 is 0 Å². The summed E-state index contributed by atoms with van der Waals surface area (Å²) in [6.45, 7) is -0.418. The van der Waals surface area contributed by atoms with E-state index in [9.17, 15) is 15.3 Å². The number of aliphatic hydroxyl groups excluding tert-OH is 3. The maximum atomic E-state index is 10.2. The Labute approximate surface area is 153 Å². The fraction of sp³-hybridized carbons (Fsp3) is 0.667. The van der Waals surface area contributed by atoms with Crippen LogP contribution in [0.4, 0.5) is 5.82 Å². The first-order valence-electron chi connectivity index (χ1n) is 8.52. The van der Waals surface area contributed by atoms with Crippen LogP contribution in [0.15, 0.2) is 6.33 Å². The molecule has 0 radical (unpaired) electrons. The molecule has 1 saturated heterocycles. The fourth-order valence-electron chi connectivity index (χ4n) is 3.40. The zero-order chi connectivity index (χ0) is 18.3. The predicted octanol–water partition coefficient (Wildman–Crippen LogP) is 0.377. The number of ether oxygens (including phenoxy) is 1. The van der Waals surface area contributed by atoms with Crippen molar-refractivity contribution in [1.29, 1.82) is 0 Å². The Bertz CT molecular complexity index is 783. The Hall–Kier alpha value is -1.56. The molecular weight excluding hydrogens is 366 g/mol. The van der Waals surface area contributed by atoms with E-state index in [4.69, 9.17) is 21.2 Å². The first-order chi connectivity index (χ1) is 12.6. The van der Waals surface area contributed by atoms with Crippen LogP contribution >= 0.6 is 11.6 Å². The summed E-state index contributed by atoms with van der Waals surface area (Å²) in [5.74, 6) is 0.317. The zero-order valence-electron chi connectivity index (χ0n) is 13.8. The van der Waals surface area contributed by atoms with Crippen molar-refractivity contribution >= 4 is 28.6 Å². The number of hydrogen-bond donors (Lipinski definition) is 4. The molecule has 1 aliphatic heterocycles. The number of aromatic nitrogens is 4. The van der Waals surface area contributed by atoms with E-state index in [1.54, 1.807) is 0 Å². The van der Waals surface area contributed by atoms with E-state index in [0.717, 1.165) is 25.7 Å². The second-order valence-electron chi connectivity index (χ2n) is 6.52. The van der Waals surface area contributed by atoms with E-state index in [0.29, 0.717) is 17.0 Å². The Morgan fingerprint density at radius 3 is 2.73 bits per heavy atom. The van der Waals surface area contributed by atoms with Crippen LogP contribution in [0, 0.1) is 0 Å². The van der Waals surface area contributed by atoms with Crippen LogP contribution in [0.3, 0.4) is 0 Å². The lowest BCUT2D eigenvalue weighted by Crippen LogP contribution is -2.33. The highest BCUT2D eigenvalue weighted by Crippen LogP contribution is 2.33. The lowest BCUT2D eigenvalue weighted by atomic mass is 10.1. The first-order valence-corrected chi connectivity index (χ1v) is 8.90. The topological polar surface area (TPSA) is 135 Å². The monoisotopic (exact) mass is 385 g/mol. The predicted molar refractivity (Wildman–Crippen MR) is 90.3 cm³/mol. The third-order valence-corrected chi connectivity index (χ3v) is 4.98. The van der Waals surface area contributed by atoms with E-state index in [-0.39, 0.29) is 11.4 Å². The molecule has 4 atom stereocenters. The number of imidazole rings is 1. The van der Waals surface area contributed by atoms with E-state index in [2.05, 4.69) is 20.4 Å². The molecule has 142 valence electrons. The molecule has 1 saturated carbocycles. The summed E-state index contributed by atoms with van der Waals surface area (Å²) in [5, 5.41) is 29.4. The lowest BCUT2D eigenvalue weighted by Gasteiger charge is -2.17. The number of nitrogens with zero attached hydrogens (tertiary/aromatic N) is 4. The van der Waals surface area contributed by atoms with Crippen LogP contribution < -0.4 is 5.48 Å². The van der Waals surface area contributed by atoms with Gasteiger partial charge in [-0.2, -0.15) is 9.97 Å². The molecule has 2 unspecified atom stereocenters. The second kappa shape index (κ2) is 7.22. The van der Waals surface area contributed by atoms with Crippen molar-refractivity contribution in [3.05, 3.63) is 11.6 Å². The van der Waals surface area contributed by atoms with Gasteiger partial charge >= 0.3 is 0 Å². The van der Waals surface area contributed by atoms with Gasteiger partial charge < -0.3 is 20.1 Å². The molecule has 2 aliphatic rings. The largest absolute Gasteiger partial charge is 0.394 e. The minimum Gasteiger partial charge on any atom is -0.394 e. The Morgan fingerprint density at radius 1 is 1.27 bits per heavy atom. The van der Waals surface area contributed by atoms with Gasteiger partial charge in [-0.05, 0) is 24.4 Å². The molecule has 2 aromatic heterocycles. The maximum Gasteiger partial charge on any atom is 0.226 e. The molecular formula is C15H20ClN5O5. The average molecular weight is 386 g/mol. The molecule has 2 aromatic rings. The zero-order valence-corrected chi connectivity index (χ0v) is 14.6. The van der Waals surface area contributed by atoms with Gasteiger partial charge in [0.15, 0.2) is 23.2 Å². The van der Waals surface area contributed by atoms with Crippen LogP contribution in [0.2, 0.25) is 5.28 Å². The third-order valence-electron chi connectivity index (χ3n) is 4.81. The van der Waals surface area contributed by atoms with Crippen LogP contribution in [0.5, 0.6) is 0 Å². The molecule has 0 spiro atoms. The molecule has 4 N–H and O–H groups in total. The summed E-state index contributed by atoms with van der Waals surface area (Å²) in [7, 11) is 0. The standard InChI is InChI=1S/C15H20ClN5O5/c16-15-18-12(20-26-7-3-1-2-4-7)9-13(19-15)21(6-17-9)14-11(24)10(23)8(5-22)25-14/h6-8,10-11,14,22-24H,1-5H2,(H,18,19,20)/t8-,10?,11?,14-/m1/s1. The van der Waals surface area contributed by atoms with Gasteiger partial charge in [0.05, 0.1) is 19.0 Å². The van der Waals surface area contributed by atoms with Crippen LogP contribution in [-0.4, -0.2) is 65.9 Å². The average Bonchev–Trinajstić information content (AvgIpc) is 3.34. The number of rotatable bonds is 5. The highest BCUT2D eigenvalue weighted by atomic mass is 35.5. The molecule has 0 bridgehead atoms. The van der Waals surface area contributed by atoms with Crippen molar-refractivity contribution in [3.8, 4) is 0 Å². The number of hydrogen-bond acceptors (Lipinski definition) is 9. The van der Waals surface area contributed by atoms with Gasteiger partial charge in [0.25, 0.3) is 0 Å². The molecule has 4 rings (SSSR count). The van der Waals surface area contributed by atoms with Crippen molar-refractivity contribution in [3.63, 3.8) is 0 Å². The van der Waals surface area contributed by atoms with Crippen LogP contribution in [0.1, 0.15) is 31.9 Å². The molecule has 11 heteroatoms. The quantitative estimate of drug-likeness (QED) is 0.425. The normalized spacial score (nSPS) is 29.7. The lowest BCUT2D eigenvalue weighted by molar-refractivity contribution is -0.0511. The van der Waals surface area contributed by atoms with Gasteiger partial charge in [0.2, 0.25) is 5.28 Å². The Kier molecular flexibility index (Phi) is 4.95. The summed E-state index contributed by atoms with van der Waals surface area (Å²) < 4.78 is 6.98. The van der Waals surface area contributed by atoms with Crippen LogP contribution in [-0.2, 0) is 9.57 Å². The van der Waals surface area contributed by atoms with E-state index < -0.39 is 31.1 Å². The summed E-state index contributed by atoms with van der Waals surface area (Å²) in [5.41, 5.74) is 3.52. The Morgan fingerprint density at radius 2 is 2.04 bits per heavy atom. The summed E-state index contributed by atoms with van der Waals surface area (Å²) in [6, 6.07) is 0. The second-order valence-corrected chi connectivity index (χ2v) is 6.86. The number of anilines is 1. The highest BCUT2D eigenvalue weighted by Gasteiger charge is 2.44. The van der Waals surface area contributed by atoms with Gasteiger partial charge in [-0.25, -0.2) is 10.5 Å². The molecule has 26 heavy (non-hydrogen) atoms. The molecule has 3 heterocycles. The number of nitrogens with one attached hydrogen (secondary N) is 1. The van der Waals surface area contributed by atoms with Gasteiger partial charge in [0, 0.05) is 0 Å². The van der Waals surface area contributed by atoms with Gasteiger partial charge in [-0.15, -0.1) is 0 Å². The van der Waals surface area contributed by atoms with E-state index in [1.807, 2.05) is 0 Å². The molecule has 2 fully saturated rings. The van der Waals surface area contributed by atoms with E-state index in [1.165, 1.54) is 10.9 Å². The fourth-order valence-corrected chi connectivity index (χ4v) is 3.57. The van der Waals surface area contributed by atoms with Crippen molar-refractivity contribution in [1.82, 2.24) is 19.5 Å². The van der Waals surface area contributed by atoms with Gasteiger partial charge in [-0.3, -0.25) is 9.40 Å². The SMILES string of the molecule is OC[C@H]1O[C@@H](n2cnc3c(NOC4CCCC4)nc(Cl)nc32)C(O)C1O. The van der Waals surface area contributed by atoms with Gasteiger partial charge in [0.1, 0.15) is 18.3 Å². The number of fused-ring (bicyclic) bond motifs is 1. The third kappa shape index (κ3) is 3.13. The molecule has 10 nitrogen and oxygen atoms in total. The van der Waals surface area contributed by atoms with Crippen molar-refractivity contribution in [2.75, 3.05) is 12.1 Å². The van der Waals surface area contributed by atoms with Crippen molar-refractivity contribution in [2.24, 2.45) is 0 Å². The van der Waals surface area contributed by atoms with Crippen molar-refractivity contribution in [2.45, 2.75) is 56.3 Å². The molecule has 1 aliphatic carbocycles. The van der Waals surface area contributed by atoms with Crippen molar-refractivity contribution < 1.29 is 24.9 Å². The van der Waals surface area contributed by atoms with Crippen LogP contribution in [0.25, 0.3) is 11.2 Å². The summed E-state index contributed by atoms with van der Waals surface area (Å²) in [6.07, 6.45) is 1.43. The highest BCUT2D eigenvalue weighted by molar-refractivity contribution is 6.28. The summed E-state index contributed by atoms with van der Waals surface area (Å²) >= 11 is 6.02. The molecule has 0 aromatic carbocycles. The maximum absolute atomic E-state index is 10.2.